The zero-order valence-corrected chi connectivity index (χ0v) is 8.22. The molecule has 0 aliphatic heterocycles. The number of rotatable bonds is 0. The molecule has 0 saturated heterocycles. The minimum Gasteiger partial charge on any atom is -0.0622 e. The Hall–Kier alpha value is 0. The van der Waals surface area contributed by atoms with Crippen LogP contribution in [0.3, 0.4) is 0 Å². The van der Waals surface area contributed by atoms with Gasteiger partial charge in [-0.2, -0.15) is 0 Å². The molecule has 4 atom stereocenters. The molecule has 4 unspecified atom stereocenters. The summed E-state index contributed by atoms with van der Waals surface area (Å²) in [5, 5.41) is 0. The lowest BCUT2D eigenvalue weighted by atomic mass is 9.44. The first kappa shape index (κ1) is 7.64. The number of hydrogen-bond acceptors (Lipinski definition) is 0. The summed E-state index contributed by atoms with van der Waals surface area (Å²) in [5.41, 5.74) is 0.686. The molecule has 3 aliphatic rings. The van der Waals surface area contributed by atoms with Crippen molar-refractivity contribution in [3.8, 4) is 0 Å². The fourth-order valence-electron chi connectivity index (χ4n) is 3.41. The summed E-state index contributed by atoms with van der Waals surface area (Å²) < 4.78 is 0. The molecule has 3 aliphatic carbocycles. The Kier molecular flexibility index (Phi) is 1.41. The average molecular weight is 152 g/mol. The molecule has 0 heteroatoms. The first-order chi connectivity index (χ1) is 5.03. The van der Waals surface area contributed by atoms with Crippen molar-refractivity contribution in [1.82, 2.24) is 0 Å². The molecule has 0 aromatic heterocycles. The molecular weight excluding hydrogens is 132 g/mol. The Bertz CT molecular complexity index is 169. The fourth-order valence-corrected chi connectivity index (χ4v) is 3.41. The predicted octanol–water partition coefficient (Wildman–Crippen LogP) is 3.32. The molecule has 2 bridgehead atoms. The van der Waals surface area contributed by atoms with Gasteiger partial charge in [0, 0.05) is 0 Å². The second kappa shape index (κ2) is 2.02. The van der Waals surface area contributed by atoms with Gasteiger partial charge in [0.1, 0.15) is 0 Å². The first-order valence-corrected chi connectivity index (χ1v) is 5.03. The van der Waals surface area contributed by atoms with Crippen LogP contribution < -0.4 is 0 Å². The highest BCUT2D eigenvalue weighted by atomic mass is 14.6. The first-order valence-electron chi connectivity index (χ1n) is 5.03. The van der Waals surface area contributed by atoms with Crippen LogP contribution in [-0.2, 0) is 0 Å². The van der Waals surface area contributed by atoms with E-state index in [0.29, 0.717) is 5.41 Å². The van der Waals surface area contributed by atoms with Gasteiger partial charge in [-0.05, 0) is 41.9 Å². The normalized spacial score (nSPS) is 53.5. The largest absolute Gasteiger partial charge is 0.0622 e. The molecule has 3 fully saturated rings. The summed E-state index contributed by atoms with van der Waals surface area (Å²) in [6.07, 6.45) is 3.02. The zero-order chi connectivity index (χ0) is 8.22. The molecule has 0 radical (unpaired) electrons. The molecule has 0 aromatic carbocycles. The highest BCUT2D eigenvalue weighted by molar-refractivity contribution is 5.03. The van der Waals surface area contributed by atoms with Crippen LogP contribution in [0.1, 0.15) is 40.5 Å². The van der Waals surface area contributed by atoms with Crippen LogP contribution in [0, 0.1) is 29.1 Å². The SMILES string of the molecule is CC1CC2CC(C1C)C2(C)C. The van der Waals surface area contributed by atoms with Gasteiger partial charge in [0.25, 0.3) is 0 Å². The van der Waals surface area contributed by atoms with E-state index in [1.54, 1.807) is 0 Å². The topological polar surface area (TPSA) is 0 Å². The summed E-state index contributed by atoms with van der Waals surface area (Å²) in [6, 6.07) is 0. The van der Waals surface area contributed by atoms with Gasteiger partial charge in [-0.1, -0.05) is 27.7 Å². The van der Waals surface area contributed by atoms with Crippen molar-refractivity contribution in [1.29, 1.82) is 0 Å². The van der Waals surface area contributed by atoms with Gasteiger partial charge in [-0.15, -0.1) is 0 Å². The number of fused-ring (bicyclic) bond motifs is 2. The summed E-state index contributed by atoms with van der Waals surface area (Å²) >= 11 is 0. The summed E-state index contributed by atoms with van der Waals surface area (Å²) in [4.78, 5) is 0. The lowest BCUT2D eigenvalue weighted by Crippen LogP contribution is -2.54. The van der Waals surface area contributed by atoms with Gasteiger partial charge in [0.15, 0.2) is 0 Å². The van der Waals surface area contributed by atoms with E-state index in [1.807, 2.05) is 0 Å². The quantitative estimate of drug-likeness (QED) is 0.499. The average Bonchev–Trinajstić information content (AvgIpc) is 1.93. The van der Waals surface area contributed by atoms with E-state index in [2.05, 4.69) is 27.7 Å². The maximum atomic E-state index is 2.47. The van der Waals surface area contributed by atoms with Crippen molar-refractivity contribution in [3.63, 3.8) is 0 Å². The van der Waals surface area contributed by atoms with E-state index in [4.69, 9.17) is 0 Å². The van der Waals surface area contributed by atoms with Crippen molar-refractivity contribution in [2.24, 2.45) is 29.1 Å². The Morgan fingerprint density at radius 1 is 1.09 bits per heavy atom. The highest BCUT2D eigenvalue weighted by Crippen LogP contribution is 2.62. The molecule has 0 N–H and O–H groups in total. The van der Waals surface area contributed by atoms with Crippen LogP contribution >= 0.6 is 0 Å². The van der Waals surface area contributed by atoms with Crippen molar-refractivity contribution in [2.45, 2.75) is 40.5 Å². The Morgan fingerprint density at radius 2 is 1.73 bits per heavy atom. The van der Waals surface area contributed by atoms with E-state index >= 15 is 0 Å². The van der Waals surface area contributed by atoms with Gasteiger partial charge >= 0.3 is 0 Å². The summed E-state index contributed by atoms with van der Waals surface area (Å²) in [5.74, 6) is 4.07. The third-order valence-corrected chi connectivity index (χ3v) is 4.73. The third-order valence-electron chi connectivity index (χ3n) is 4.73. The van der Waals surface area contributed by atoms with Crippen LogP contribution in [0.2, 0.25) is 0 Å². The monoisotopic (exact) mass is 152 g/mol. The molecule has 0 nitrogen and oxygen atoms in total. The van der Waals surface area contributed by atoms with Gasteiger partial charge in [0.05, 0.1) is 0 Å². The fraction of sp³-hybridized carbons (Fsp3) is 1.00. The van der Waals surface area contributed by atoms with Crippen LogP contribution in [-0.4, -0.2) is 0 Å². The molecule has 0 aromatic rings. The standard InChI is InChI=1S/C11H20/c1-7-5-9-6-10(8(7)2)11(9,3)4/h7-10H,5-6H2,1-4H3. The van der Waals surface area contributed by atoms with Gasteiger partial charge in [-0.25, -0.2) is 0 Å². The van der Waals surface area contributed by atoms with Gasteiger partial charge in [0.2, 0.25) is 0 Å². The van der Waals surface area contributed by atoms with Crippen LogP contribution in [0.4, 0.5) is 0 Å². The van der Waals surface area contributed by atoms with Crippen molar-refractivity contribution >= 4 is 0 Å². The Morgan fingerprint density at radius 3 is 2.09 bits per heavy atom. The third kappa shape index (κ3) is 0.816. The van der Waals surface area contributed by atoms with Crippen molar-refractivity contribution in [3.05, 3.63) is 0 Å². The zero-order valence-electron chi connectivity index (χ0n) is 8.22. The van der Waals surface area contributed by atoms with Crippen LogP contribution in [0.5, 0.6) is 0 Å². The van der Waals surface area contributed by atoms with Gasteiger partial charge in [-0.3, -0.25) is 0 Å². The molecule has 0 heterocycles. The van der Waals surface area contributed by atoms with Crippen molar-refractivity contribution < 1.29 is 0 Å². The maximum Gasteiger partial charge on any atom is -0.0295 e. The lowest BCUT2D eigenvalue weighted by molar-refractivity contribution is -0.124. The molecule has 0 spiro atoms. The second-order valence-electron chi connectivity index (χ2n) is 5.43. The molecular formula is C11H20. The van der Waals surface area contributed by atoms with Crippen molar-refractivity contribution in [2.75, 3.05) is 0 Å². The van der Waals surface area contributed by atoms with Crippen LogP contribution in [0.15, 0.2) is 0 Å². The molecule has 64 valence electrons. The minimum atomic E-state index is 0.686. The van der Waals surface area contributed by atoms with E-state index in [1.165, 1.54) is 12.8 Å². The summed E-state index contributed by atoms with van der Waals surface area (Å²) in [6.45, 7) is 9.81. The van der Waals surface area contributed by atoms with E-state index in [9.17, 15) is 0 Å². The number of hydrogen-bond donors (Lipinski definition) is 0. The smallest absolute Gasteiger partial charge is 0.0295 e. The molecule has 11 heavy (non-hydrogen) atoms. The van der Waals surface area contributed by atoms with Gasteiger partial charge < -0.3 is 0 Å². The summed E-state index contributed by atoms with van der Waals surface area (Å²) in [7, 11) is 0. The highest BCUT2D eigenvalue weighted by Gasteiger charge is 2.54. The Balaban J connectivity index is 2.17. The predicted molar refractivity (Wildman–Crippen MR) is 48.3 cm³/mol. The van der Waals surface area contributed by atoms with E-state index in [0.717, 1.165) is 23.7 Å². The molecule has 3 rings (SSSR count). The Labute approximate surface area is 70.4 Å². The maximum absolute atomic E-state index is 2.47. The van der Waals surface area contributed by atoms with E-state index in [-0.39, 0.29) is 0 Å². The second-order valence-corrected chi connectivity index (χ2v) is 5.43. The van der Waals surface area contributed by atoms with Crippen LogP contribution in [0.25, 0.3) is 0 Å². The van der Waals surface area contributed by atoms with E-state index < -0.39 is 0 Å². The molecule has 3 saturated carbocycles. The minimum absolute atomic E-state index is 0.686. The lowest BCUT2D eigenvalue weighted by Gasteiger charge is -2.61. The molecule has 0 amide bonds.